The SMILES string of the molecule is NC(=O)NCCNc1ncc([N+](=O)[O-])cc1Br. The summed E-state index contributed by atoms with van der Waals surface area (Å²) in [4.78, 5) is 24.2. The quantitative estimate of drug-likeness (QED) is 0.422. The van der Waals surface area contributed by atoms with Gasteiger partial charge in [-0.1, -0.05) is 0 Å². The molecule has 0 aliphatic rings. The Morgan fingerprint density at radius 1 is 1.59 bits per heavy atom. The van der Waals surface area contributed by atoms with Crippen molar-refractivity contribution in [1.82, 2.24) is 10.3 Å². The molecule has 17 heavy (non-hydrogen) atoms. The number of primary amides is 1. The van der Waals surface area contributed by atoms with E-state index in [0.717, 1.165) is 6.20 Å². The lowest BCUT2D eigenvalue weighted by atomic mass is 10.4. The Kier molecular flexibility index (Phi) is 4.64. The minimum absolute atomic E-state index is 0.0994. The summed E-state index contributed by atoms with van der Waals surface area (Å²) in [6, 6.07) is 0.735. The first kappa shape index (κ1) is 13.2. The molecule has 0 saturated heterocycles. The predicted octanol–water partition coefficient (Wildman–Crippen LogP) is 0.833. The number of halogens is 1. The van der Waals surface area contributed by atoms with Crippen LogP contribution in [0.1, 0.15) is 0 Å². The predicted molar refractivity (Wildman–Crippen MR) is 64.7 cm³/mol. The van der Waals surface area contributed by atoms with Crippen LogP contribution in [-0.2, 0) is 0 Å². The van der Waals surface area contributed by atoms with Gasteiger partial charge in [0.2, 0.25) is 0 Å². The molecule has 0 atom stereocenters. The molecule has 92 valence electrons. The second-order valence-electron chi connectivity index (χ2n) is 3.00. The van der Waals surface area contributed by atoms with Crippen LogP contribution >= 0.6 is 15.9 Å². The zero-order valence-electron chi connectivity index (χ0n) is 8.64. The molecule has 8 nitrogen and oxygen atoms in total. The van der Waals surface area contributed by atoms with Crippen molar-refractivity contribution in [3.05, 3.63) is 26.9 Å². The summed E-state index contributed by atoms with van der Waals surface area (Å²) >= 11 is 3.15. The van der Waals surface area contributed by atoms with Gasteiger partial charge in [0.1, 0.15) is 12.0 Å². The summed E-state index contributed by atoms with van der Waals surface area (Å²) in [6.45, 7) is 0.743. The Balaban J connectivity index is 2.54. The molecule has 1 aromatic rings. The summed E-state index contributed by atoms with van der Waals surface area (Å²) in [7, 11) is 0. The number of anilines is 1. The molecule has 0 aliphatic heterocycles. The van der Waals surface area contributed by atoms with Crippen LogP contribution in [0.3, 0.4) is 0 Å². The monoisotopic (exact) mass is 303 g/mol. The maximum Gasteiger partial charge on any atom is 0.312 e. The van der Waals surface area contributed by atoms with Gasteiger partial charge in [-0.2, -0.15) is 0 Å². The number of pyridine rings is 1. The van der Waals surface area contributed by atoms with Gasteiger partial charge in [0, 0.05) is 19.2 Å². The average Bonchev–Trinajstić information content (AvgIpc) is 2.25. The zero-order chi connectivity index (χ0) is 12.8. The van der Waals surface area contributed by atoms with Gasteiger partial charge in [-0.15, -0.1) is 0 Å². The summed E-state index contributed by atoms with van der Waals surface area (Å²) in [5.74, 6) is 0.460. The van der Waals surface area contributed by atoms with E-state index in [1.807, 2.05) is 0 Å². The molecule has 0 spiro atoms. The largest absolute Gasteiger partial charge is 0.367 e. The molecule has 0 fully saturated rings. The number of amides is 2. The molecule has 0 aromatic carbocycles. The molecule has 0 bridgehead atoms. The van der Waals surface area contributed by atoms with E-state index in [1.54, 1.807) is 0 Å². The fourth-order valence-electron chi connectivity index (χ4n) is 1.02. The average molecular weight is 304 g/mol. The van der Waals surface area contributed by atoms with Crippen molar-refractivity contribution in [3.63, 3.8) is 0 Å². The molecule has 4 N–H and O–H groups in total. The van der Waals surface area contributed by atoms with Crippen LogP contribution in [-0.4, -0.2) is 29.0 Å². The van der Waals surface area contributed by atoms with Crippen LogP contribution in [0.4, 0.5) is 16.3 Å². The van der Waals surface area contributed by atoms with E-state index >= 15 is 0 Å². The minimum Gasteiger partial charge on any atom is -0.367 e. The Bertz CT molecular complexity index is 439. The number of hydrogen-bond acceptors (Lipinski definition) is 5. The molecular formula is C8H10BrN5O3. The minimum atomic E-state index is -0.609. The third-order valence-corrected chi connectivity index (χ3v) is 2.36. The van der Waals surface area contributed by atoms with Crippen molar-refractivity contribution in [1.29, 1.82) is 0 Å². The first-order chi connectivity index (χ1) is 8.00. The lowest BCUT2D eigenvalue weighted by Gasteiger charge is -2.07. The summed E-state index contributed by atoms with van der Waals surface area (Å²) in [6.07, 6.45) is 1.15. The zero-order valence-corrected chi connectivity index (χ0v) is 10.2. The Morgan fingerprint density at radius 2 is 2.29 bits per heavy atom. The third-order valence-electron chi connectivity index (χ3n) is 1.75. The normalized spacial score (nSPS) is 9.71. The Morgan fingerprint density at radius 3 is 2.82 bits per heavy atom. The summed E-state index contributed by atoms with van der Waals surface area (Å²) in [5.41, 5.74) is 4.78. The summed E-state index contributed by atoms with van der Waals surface area (Å²) in [5, 5.41) is 15.7. The standard InChI is InChI=1S/C8H10BrN5O3/c9-6-3-5(14(16)17)4-13-7(6)11-1-2-12-8(10)15/h3-4H,1-2H2,(H,11,13)(H3,10,12,15). The van der Waals surface area contributed by atoms with Gasteiger partial charge < -0.3 is 16.4 Å². The Labute approximate surface area is 105 Å². The van der Waals surface area contributed by atoms with Gasteiger partial charge in [0.05, 0.1) is 9.40 Å². The van der Waals surface area contributed by atoms with Crippen molar-refractivity contribution in [2.75, 3.05) is 18.4 Å². The fraction of sp³-hybridized carbons (Fsp3) is 0.250. The number of nitrogens with two attached hydrogens (primary N) is 1. The lowest BCUT2D eigenvalue weighted by molar-refractivity contribution is -0.385. The first-order valence-corrected chi connectivity index (χ1v) is 5.37. The van der Waals surface area contributed by atoms with Gasteiger partial charge in [-0.25, -0.2) is 9.78 Å². The fourth-order valence-corrected chi connectivity index (χ4v) is 1.50. The van der Waals surface area contributed by atoms with Gasteiger partial charge in [-0.05, 0) is 15.9 Å². The highest BCUT2D eigenvalue weighted by Gasteiger charge is 2.09. The lowest BCUT2D eigenvalue weighted by Crippen LogP contribution is -2.33. The molecule has 0 saturated carbocycles. The van der Waals surface area contributed by atoms with Crippen LogP contribution in [0.25, 0.3) is 0 Å². The van der Waals surface area contributed by atoms with Crippen molar-refractivity contribution < 1.29 is 9.72 Å². The number of nitrogens with one attached hydrogen (secondary N) is 2. The second kappa shape index (κ2) is 5.99. The number of hydrogen-bond donors (Lipinski definition) is 3. The van der Waals surface area contributed by atoms with Gasteiger partial charge in [0.25, 0.3) is 5.69 Å². The van der Waals surface area contributed by atoms with E-state index < -0.39 is 11.0 Å². The molecule has 1 rings (SSSR count). The maximum absolute atomic E-state index is 10.5. The number of aromatic nitrogens is 1. The highest BCUT2D eigenvalue weighted by atomic mass is 79.9. The molecule has 2 amide bonds. The maximum atomic E-state index is 10.5. The molecule has 9 heteroatoms. The number of nitro groups is 1. The van der Waals surface area contributed by atoms with E-state index in [4.69, 9.17) is 5.73 Å². The van der Waals surface area contributed by atoms with Crippen molar-refractivity contribution in [2.45, 2.75) is 0 Å². The highest BCUT2D eigenvalue weighted by molar-refractivity contribution is 9.10. The Hall–Kier alpha value is -1.90. The number of nitrogens with zero attached hydrogens (tertiary/aromatic N) is 2. The van der Waals surface area contributed by atoms with Crippen LogP contribution in [0.2, 0.25) is 0 Å². The van der Waals surface area contributed by atoms with E-state index in [-0.39, 0.29) is 5.69 Å². The number of urea groups is 1. The van der Waals surface area contributed by atoms with E-state index in [1.165, 1.54) is 6.07 Å². The smallest absolute Gasteiger partial charge is 0.312 e. The summed E-state index contributed by atoms with van der Waals surface area (Å²) < 4.78 is 0.478. The number of carbonyl (C=O) groups is 1. The van der Waals surface area contributed by atoms with Crippen molar-refractivity contribution in [2.24, 2.45) is 5.73 Å². The highest BCUT2D eigenvalue weighted by Crippen LogP contribution is 2.23. The first-order valence-electron chi connectivity index (χ1n) is 4.58. The van der Waals surface area contributed by atoms with Crippen LogP contribution < -0.4 is 16.4 Å². The number of carbonyl (C=O) groups excluding carboxylic acids is 1. The molecule has 1 aromatic heterocycles. The third kappa shape index (κ3) is 4.23. The number of rotatable bonds is 5. The van der Waals surface area contributed by atoms with E-state index in [2.05, 4.69) is 31.5 Å². The van der Waals surface area contributed by atoms with E-state index in [9.17, 15) is 14.9 Å². The van der Waals surface area contributed by atoms with Crippen molar-refractivity contribution >= 4 is 33.5 Å². The van der Waals surface area contributed by atoms with Crippen LogP contribution in [0.5, 0.6) is 0 Å². The molecule has 0 radical (unpaired) electrons. The van der Waals surface area contributed by atoms with Crippen LogP contribution in [0.15, 0.2) is 16.7 Å². The molecular weight excluding hydrogens is 294 g/mol. The van der Waals surface area contributed by atoms with Gasteiger partial charge >= 0.3 is 6.03 Å². The molecule has 0 aliphatic carbocycles. The molecule has 1 heterocycles. The second-order valence-corrected chi connectivity index (χ2v) is 3.85. The molecule has 0 unspecified atom stereocenters. The topological polar surface area (TPSA) is 123 Å². The van der Waals surface area contributed by atoms with Gasteiger partial charge in [0.15, 0.2) is 0 Å². The van der Waals surface area contributed by atoms with Crippen LogP contribution in [0, 0.1) is 10.1 Å². The van der Waals surface area contributed by atoms with Gasteiger partial charge in [-0.3, -0.25) is 10.1 Å². The van der Waals surface area contributed by atoms with E-state index in [0.29, 0.717) is 23.4 Å². The van der Waals surface area contributed by atoms with Crippen molar-refractivity contribution in [3.8, 4) is 0 Å².